The van der Waals surface area contributed by atoms with Crippen LogP contribution < -0.4 is 10.4 Å². The molecule has 0 unspecified atom stereocenters. The molecule has 0 bridgehead atoms. The first-order chi connectivity index (χ1) is 5.81. The molecule has 0 fully saturated rings. The van der Waals surface area contributed by atoms with Gasteiger partial charge in [-0.25, -0.2) is 15.0 Å². The molecule has 0 aliphatic carbocycles. The van der Waals surface area contributed by atoms with Crippen LogP contribution >= 0.6 is 0 Å². The van der Waals surface area contributed by atoms with E-state index in [1.165, 1.54) is 0 Å². The molecule has 0 aliphatic rings. The quantitative estimate of drug-likeness (QED) is 0.544. The lowest BCUT2D eigenvalue weighted by molar-refractivity contribution is 1.27. The lowest BCUT2D eigenvalue weighted by atomic mass is 10.5. The minimum Gasteiger partial charge on any atom is -0.395 e. The van der Waals surface area contributed by atoms with E-state index in [4.69, 9.17) is 0 Å². The van der Waals surface area contributed by atoms with E-state index in [9.17, 15) is 0 Å². The van der Waals surface area contributed by atoms with Crippen molar-refractivity contribution in [1.82, 2.24) is 19.9 Å². The van der Waals surface area contributed by atoms with Crippen molar-refractivity contribution in [2.24, 2.45) is 0 Å². The Labute approximate surface area is 75.0 Å². The van der Waals surface area contributed by atoms with Crippen molar-refractivity contribution in [3.8, 4) is 0 Å². The van der Waals surface area contributed by atoms with Crippen molar-refractivity contribution in [3.63, 3.8) is 0 Å². The number of H-pyrrole nitrogens is 1. The average molecular weight is 189 g/mol. The van der Waals surface area contributed by atoms with Gasteiger partial charge in [-0.3, -0.25) is 0 Å². The molecule has 0 atom stereocenters. The summed E-state index contributed by atoms with van der Waals surface area (Å²) in [6, 6.07) is 0. The van der Waals surface area contributed by atoms with Gasteiger partial charge in [0.1, 0.15) is 27.0 Å². The number of aromatic amines is 1. The van der Waals surface area contributed by atoms with Crippen molar-refractivity contribution in [2.75, 3.05) is 4.98 Å². The zero-order valence-corrected chi connectivity index (χ0v) is 7.92. The van der Waals surface area contributed by atoms with Gasteiger partial charge in [0.2, 0.25) is 0 Å². The standard InChI is InChI=1S/C5H3N5Si2/c11-5-8-3-2(6-1-7-3)4(9-5)10-12/h1H,(H2,6,7,8,9,10). The number of fused-ring (bicyclic) bond motifs is 1. The maximum Gasteiger partial charge on any atom is 0.187 e. The molecule has 2 aromatic rings. The second kappa shape index (κ2) is 2.68. The van der Waals surface area contributed by atoms with Gasteiger partial charge in [0, 0.05) is 0 Å². The predicted molar refractivity (Wildman–Crippen MR) is 46.4 cm³/mol. The van der Waals surface area contributed by atoms with E-state index in [1.807, 2.05) is 0 Å². The van der Waals surface area contributed by atoms with Gasteiger partial charge in [-0.15, -0.1) is 0 Å². The molecule has 0 saturated carbocycles. The normalized spacial score (nSPS) is 10.5. The Bertz CT molecular complexity index is 411. The van der Waals surface area contributed by atoms with Crippen LogP contribution in [0.25, 0.3) is 11.2 Å². The first kappa shape index (κ1) is 7.43. The van der Waals surface area contributed by atoms with Crippen molar-refractivity contribution < 1.29 is 0 Å². The summed E-state index contributed by atoms with van der Waals surface area (Å²) >= 11 is 0. The van der Waals surface area contributed by atoms with Gasteiger partial charge < -0.3 is 9.97 Å². The number of hydrogen-bond donors (Lipinski definition) is 2. The molecule has 0 aliphatic heterocycles. The Hall–Kier alpha value is -1.22. The van der Waals surface area contributed by atoms with Gasteiger partial charge in [0.05, 0.1) is 6.33 Å². The van der Waals surface area contributed by atoms with E-state index >= 15 is 0 Å². The molecular formula is C5H3N5Si2. The van der Waals surface area contributed by atoms with Crippen LogP contribution in [0.1, 0.15) is 0 Å². The topological polar surface area (TPSA) is 66.5 Å². The fraction of sp³-hybridized carbons (Fsp3) is 0. The molecular weight excluding hydrogens is 186 g/mol. The highest BCUT2D eigenvalue weighted by Crippen LogP contribution is 2.11. The molecule has 2 rings (SSSR count). The van der Waals surface area contributed by atoms with E-state index < -0.39 is 0 Å². The highest BCUT2D eigenvalue weighted by atomic mass is 28.2. The Morgan fingerprint density at radius 3 is 3.00 bits per heavy atom. The molecule has 2 aromatic heterocycles. The maximum absolute atomic E-state index is 4.06. The first-order valence-electron chi connectivity index (χ1n) is 3.16. The summed E-state index contributed by atoms with van der Waals surface area (Å²) in [5.74, 6) is 0.652. The van der Waals surface area contributed by atoms with E-state index in [0.717, 1.165) is 5.52 Å². The van der Waals surface area contributed by atoms with Crippen LogP contribution in [0.5, 0.6) is 0 Å². The van der Waals surface area contributed by atoms with Crippen LogP contribution in [0.2, 0.25) is 0 Å². The van der Waals surface area contributed by atoms with E-state index in [2.05, 4.69) is 45.6 Å². The molecule has 2 heterocycles. The van der Waals surface area contributed by atoms with Crippen LogP contribution in [0.4, 0.5) is 5.82 Å². The number of nitrogens with zero attached hydrogens (tertiary/aromatic N) is 3. The highest BCUT2D eigenvalue weighted by molar-refractivity contribution is 6.30. The SMILES string of the molecule is [Si]Nc1nc([Si])nc2nc[nH]c12. The number of aromatic nitrogens is 4. The van der Waals surface area contributed by atoms with E-state index in [0.29, 0.717) is 16.9 Å². The predicted octanol–water partition coefficient (Wildman–Crippen LogP) is -1.36. The van der Waals surface area contributed by atoms with Crippen LogP contribution in [-0.2, 0) is 0 Å². The fourth-order valence-electron chi connectivity index (χ4n) is 0.924. The summed E-state index contributed by atoms with van der Waals surface area (Å²) in [6.45, 7) is 0. The molecule has 0 spiro atoms. The number of hydrogen-bond acceptors (Lipinski definition) is 4. The lowest BCUT2D eigenvalue weighted by Crippen LogP contribution is -2.15. The van der Waals surface area contributed by atoms with Crippen molar-refractivity contribution in [1.29, 1.82) is 0 Å². The third-order valence-electron chi connectivity index (χ3n) is 1.40. The van der Waals surface area contributed by atoms with Crippen LogP contribution in [0, 0.1) is 0 Å². The zero-order chi connectivity index (χ0) is 8.55. The second-order valence-corrected chi connectivity index (χ2v) is 2.82. The van der Waals surface area contributed by atoms with Crippen molar-refractivity contribution in [3.05, 3.63) is 6.33 Å². The van der Waals surface area contributed by atoms with E-state index in [1.54, 1.807) is 6.33 Å². The summed E-state index contributed by atoms with van der Waals surface area (Å²) < 4.78 is 0. The molecule has 0 aromatic carbocycles. The lowest BCUT2D eigenvalue weighted by Gasteiger charge is -2.00. The van der Waals surface area contributed by atoms with Gasteiger partial charge in [-0.2, -0.15) is 0 Å². The Morgan fingerprint density at radius 1 is 1.42 bits per heavy atom. The third kappa shape index (κ3) is 1.03. The summed E-state index contributed by atoms with van der Waals surface area (Å²) in [7, 11) is 6.36. The average Bonchev–Trinajstić information content (AvgIpc) is 2.50. The summed E-state index contributed by atoms with van der Waals surface area (Å²) in [5.41, 5.74) is 1.89. The maximum atomic E-state index is 4.06. The minimum absolute atomic E-state index is 0.496. The third-order valence-corrected chi connectivity index (χ3v) is 1.86. The zero-order valence-electron chi connectivity index (χ0n) is 5.92. The monoisotopic (exact) mass is 189 g/mol. The van der Waals surface area contributed by atoms with Crippen LogP contribution in [0.3, 0.4) is 0 Å². The fourth-order valence-corrected chi connectivity index (χ4v) is 1.32. The number of imidazole rings is 1. The second-order valence-electron chi connectivity index (χ2n) is 2.12. The first-order valence-corrected chi connectivity index (χ1v) is 4.16. The summed E-state index contributed by atoms with van der Waals surface area (Å²) in [5, 5.41) is 0. The molecule has 0 saturated heterocycles. The van der Waals surface area contributed by atoms with Gasteiger partial charge in [-0.05, 0) is 0 Å². The molecule has 7 heteroatoms. The van der Waals surface area contributed by atoms with Gasteiger partial charge in [0.15, 0.2) is 16.1 Å². The van der Waals surface area contributed by atoms with Crippen LogP contribution in [0.15, 0.2) is 6.33 Å². The number of rotatable bonds is 1. The summed E-state index contributed by atoms with van der Waals surface area (Å²) in [4.78, 5) is 17.8. The molecule has 5 nitrogen and oxygen atoms in total. The minimum atomic E-state index is 0.496. The smallest absolute Gasteiger partial charge is 0.187 e. The molecule has 6 radical (unpaired) electrons. The highest BCUT2D eigenvalue weighted by Gasteiger charge is 2.04. The largest absolute Gasteiger partial charge is 0.395 e. The van der Waals surface area contributed by atoms with Crippen molar-refractivity contribution in [2.45, 2.75) is 0 Å². The molecule has 12 heavy (non-hydrogen) atoms. The Kier molecular flexibility index (Phi) is 1.66. The van der Waals surface area contributed by atoms with Gasteiger partial charge in [0.25, 0.3) is 0 Å². The van der Waals surface area contributed by atoms with Gasteiger partial charge in [-0.1, -0.05) is 0 Å². The Morgan fingerprint density at radius 2 is 2.25 bits per heavy atom. The van der Waals surface area contributed by atoms with Crippen LogP contribution in [-0.4, -0.2) is 40.6 Å². The number of anilines is 1. The molecule has 2 N–H and O–H groups in total. The molecule has 0 amide bonds. The van der Waals surface area contributed by atoms with Crippen molar-refractivity contribution >= 4 is 43.1 Å². The molecule has 56 valence electrons. The number of nitrogens with one attached hydrogen (secondary N) is 2. The Balaban J connectivity index is 2.80. The van der Waals surface area contributed by atoms with Gasteiger partial charge >= 0.3 is 0 Å². The summed E-state index contributed by atoms with van der Waals surface area (Å²) in [6.07, 6.45) is 1.57. The van der Waals surface area contributed by atoms with E-state index in [-0.39, 0.29) is 0 Å².